The molecule has 0 amide bonds. The Bertz CT molecular complexity index is 1100. The number of rotatable bonds is 6. The molecule has 0 radical (unpaired) electrons. The van der Waals surface area contributed by atoms with E-state index in [2.05, 4.69) is 104 Å². The van der Waals surface area contributed by atoms with Crippen molar-refractivity contribution < 1.29 is 9.05 Å². The second-order valence-corrected chi connectivity index (χ2v) is 13.3. The van der Waals surface area contributed by atoms with Crippen LogP contribution in [0.3, 0.4) is 0 Å². The summed E-state index contributed by atoms with van der Waals surface area (Å²) in [5.41, 5.74) is 2.50. The minimum atomic E-state index is -0.888. The number of hydrogen-bond acceptors (Lipinski definition) is 6. The zero-order valence-corrected chi connectivity index (χ0v) is 22.2. The van der Waals surface area contributed by atoms with Crippen LogP contribution in [-0.2, 0) is 0 Å². The van der Waals surface area contributed by atoms with Crippen molar-refractivity contribution in [3.63, 3.8) is 0 Å². The first-order valence-corrected chi connectivity index (χ1v) is 15.4. The molecule has 4 aliphatic heterocycles. The van der Waals surface area contributed by atoms with Crippen molar-refractivity contribution in [1.82, 2.24) is 9.34 Å². The van der Waals surface area contributed by atoms with Crippen LogP contribution in [0.1, 0.15) is 25.7 Å². The standard InChI is InChI=1S/C28H32N4O2P2/c1-3-10-23(11-4-1)31-21-25-14-8-18-29(25)35(31)33-27-16-7-17-28(20-27)34-36-30-19-9-15-26(30)22-32(36)24-12-5-2-6-13-24/h1-7,10-13,16-17,20,25-26H,8-9,14-15,18-19,21-22H2/t25-,26-,35-,36+/m0/s1. The fraction of sp³-hybridized carbons (Fsp3) is 0.357. The minimum Gasteiger partial charge on any atom is -0.440 e. The van der Waals surface area contributed by atoms with Gasteiger partial charge in [0.1, 0.15) is 11.5 Å². The third-order valence-corrected chi connectivity index (χ3v) is 11.9. The van der Waals surface area contributed by atoms with Crippen molar-refractivity contribution in [1.29, 1.82) is 0 Å². The quantitative estimate of drug-likeness (QED) is 0.331. The maximum atomic E-state index is 6.78. The summed E-state index contributed by atoms with van der Waals surface area (Å²) in [6.07, 6.45) is 5.03. The highest BCUT2D eigenvalue weighted by atomic mass is 31.2. The van der Waals surface area contributed by atoms with Gasteiger partial charge in [0.15, 0.2) is 0 Å². The van der Waals surface area contributed by atoms with Crippen molar-refractivity contribution in [2.24, 2.45) is 0 Å². The van der Waals surface area contributed by atoms with Crippen LogP contribution >= 0.6 is 16.9 Å². The maximum Gasteiger partial charge on any atom is 0.279 e. The highest BCUT2D eigenvalue weighted by molar-refractivity contribution is 7.53. The number of hydrogen-bond donors (Lipinski definition) is 0. The average Bonchev–Trinajstić information content (AvgIpc) is 3.69. The van der Waals surface area contributed by atoms with Gasteiger partial charge in [-0.3, -0.25) is 0 Å². The van der Waals surface area contributed by atoms with E-state index in [1.54, 1.807) is 0 Å². The summed E-state index contributed by atoms with van der Waals surface area (Å²) >= 11 is 0. The maximum absolute atomic E-state index is 6.78. The van der Waals surface area contributed by atoms with E-state index in [1.165, 1.54) is 37.1 Å². The second-order valence-electron chi connectivity index (χ2n) is 9.92. The molecule has 0 aliphatic carbocycles. The lowest BCUT2D eigenvalue weighted by Gasteiger charge is -2.30. The molecule has 0 spiro atoms. The van der Waals surface area contributed by atoms with Gasteiger partial charge in [-0.1, -0.05) is 42.5 Å². The fourth-order valence-corrected chi connectivity index (χ4v) is 10.3. The smallest absolute Gasteiger partial charge is 0.279 e. The van der Waals surface area contributed by atoms with Crippen molar-refractivity contribution in [2.75, 3.05) is 35.5 Å². The van der Waals surface area contributed by atoms with Crippen LogP contribution in [0.5, 0.6) is 11.5 Å². The van der Waals surface area contributed by atoms with Crippen molar-refractivity contribution in [3.8, 4) is 11.5 Å². The van der Waals surface area contributed by atoms with Gasteiger partial charge in [0.25, 0.3) is 16.9 Å². The Morgan fingerprint density at radius 1 is 0.583 bits per heavy atom. The van der Waals surface area contributed by atoms with E-state index in [0.717, 1.165) is 37.7 Å². The first-order valence-electron chi connectivity index (χ1n) is 13.1. The van der Waals surface area contributed by atoms with Gasteiger partial charge in [0.05, 0.1) is 0 Å². The number of fused-ring (bicyclic) bond motifs is 2. The second kappa shape index (κ2) is 9.84. The van der Waals surface area contributed by atoms with E-state index in [0.29, 0.717) is 12.1 Å². The third-order valence-electron chi connectivity index (χ3n) is 7.60. The van der Waals surface area contributed by atoms with Crippen LogP contribution in [-0.4, -0.2) is 47.6 Å². The van der Waals surface area contributed by atoms with Crippen LogP contribution in [0.25, 0.3) is 0 Å². The molecule has 0 unspecified atom stereocenters. The van der Waals surface area contributed by atoms with Crippen LogP contribution < -0.4 is 18.4 Å². The molecule has 0 aromatic heterocycles. The summed E-state index contributed by atoms with van der Waals surface area (Å²) in [6.45, 7) is 4.31. The summed E-state index contributed by atoms with van der Waals surface area (Å²) in [4.78, 5) is 0. The molecule has 0 N–H and O–H groups in total. The topological polar surface area (TPSA) is 31.4 Å². The lowest BCUT2D eigenvalue weighted by molar-refractivity contribution is 0.428. The molecule has 3 aromatic rings. The predicted octanol–water partition coefficient (Wildman–Crippen LogP) is 6.87. The van der Waals surface area contributed by atoms with E-state index in [9.17, 15) is 0 Å². The average molecular weight is 519 g/mol. The molecule has 8 heteroatoms. The molecule has 4 heterocycles. The Hall–Kier alpha value is -2.36. The Kier molecular flexibility index (Phi) is 6.23. The van der Waals surface area contributed by atoms with Gasteiger partial charge in [-0.15, -0.1) is 0 Å². The lowest BCUT2D eigenvalue weighted by atomic mass is 10.2. The van der Waals surface area contributed by atoms with E-state index >= 15 is 0 Å². The molecular weight excluding hydrogens is 486 g/mol. The van der Waals surface area contributed by atoms with Crippen LogP contribution in [0.2, 0.25) is 0 Å². The fourth-order valence-electron chi connectivity index (χ4n) is 5.87. The molecule has 6 nitrogen and oxygen atoms in total. The SMILES string of the molecule is c1ccc(N2C[C@@H]3CCCN3[P@]2Oc2cccc(O[P@@]3N(c4ccccc4)C[C@@H]4CCCN43)c2)cc1. The zero-order chi connectivity index (χ0) is 23.9. The molecule has 4 fully saturated rings. The largest absolute Gasteiger partial charge is 0.440 e. The number of anilines is 2. The summed E-state index contributed by atoms with van der Waals surface area (Å²) in [7, 11) is -1.78. The number of para-hydroxylation sites is 2. The van der Waals surface area contributed by atoms with Crippen LogP contribution in [0.15, 0.2) is 84.9 Å². The number of nitrogens with zero attached hydrogens (tertiary/aromatic N) is 4. The van der Waals surface area contributed by atoms with Crippen LogP contribution in [0, 0.1) is 0 Å². The van der Waals surface area contributed by atoms with E-state index in [-0.39, 0.29) is 0 Å². The Balaban J connectivity index is 1.13. The van der Waals surface area contributed by atoms with Gasteiger partial charge >= 0.3 is 0 Å². The van der Waals surface area contributed by atoms with Gasteiger partial charge in [-0.2, -0.15) is 0 Å². The van der Waals surface area contributed by atoms with Crippen molar-refractivity contribution in [2.45, 2.75) is 37.8 Å². The van der Waals surface area contributed by atoms with Crippen LogP contribution in [0.4, 0.5) is 11.4 Å². The molecule has 4 atom stereocenters. The van der Waals surface area contributed by atoms with Gasteiger partial charge in [-0.05, 0) is 62.1 Å². The normalized spacial score (nSPS) is 27.9. The van der Waals surface area contributed by atoms with Gasteiger partial charge in [-0.25, -0.2) is 9.34 Å². The van der Waals surface area contributed by atoms with E-state index in [4.69, 9.17) is 9.05 Å². The highest BCUT2D eigenvalue weighted by Crippen LogP contribution is 2.58. The summed E-state index contributed by atoms with van der Waals surface area (Å²) in [5.74, 6) is 1.79. The van der Waals surface area contributed by atoms with E-state index < -0.39 is 16.9 Å². The van der Waals surface area contributed by atoms with Crippen molar-refractivity contribution >= 4 is 28.3 Å². The highest BCUT2D eigenvalue weighted by Gasteiger charge is 2.46. The summed E-state index contributed by atoms with van der Waals surface area (Å²) < 4.78 is 23.7. The molecule has 3 aromatic carbocycles. The lowest BCUT2D eigenvalue weighted by Crippen LogP contribution is -2.20. The number of benzene rings is 3. The van der Waals surface area contributed by atoms with Gasteiger partial charge in [0, 0.05) is 55.7 Å². The molecule has 7 rings (SSSR count). The molecule has 0 saturated carbocycles. The first kappa shape index (κ1) is 22.8. The van der Waals surface area contributed by atoms with Crippen molar-refractivity contribution in [3.05, 3.63) is 84.9 Å². The van der Waals surface area contributed by atoms with Gasteiger partial charge in [0.2, 0.25) is 0 Å². The summed E-state index contributed by atoms with van der Waals surface area (Å²) in [6, 6.07) is 31.0. The Morgan fingerprint density at radius 3 is 1.53 bits per heavy atom. The zero-order valence-electron chi connectivity index (χ0n) is 20.4. The Labute approximate surface area is 216 Å². The first-order chi connectivity index (χ1) is 17.8. The summed E-state index contributed by atoms with van der Waals surface area (Å²) in [5, 5.41) is 0. The molecule has 186 valence electrons. The third kappa shape index (κ3) is 4.25. The molecule has 36 heavy (non-hydrogen) atoms. The molecule has 4 saturated heterocycles. The molecule has 0 bridgehead atoms. The molecule has 4 aliphatic rings. The van der Waals surface area contributed by atoms with E-state index in [1.807, 2.05) is 0 Å². The minimum absolute atomic E-state index is 0.587. The predicted molar refractivity (Wildman–Crippen MR) is 149 cm³/mol. The Morgan fingerprint density at radius 2 is 1.06 bits per heavy atom. The monoisotopic (exact) mass is 518 g/mol. The molecular formula is C28H32N4O2P2. The van der Waals surface area contributed by atoms with Gasteiger partial charge < -0.3 is 18.4 Å².